The summed E-state index contributed by atoms with van der Waals surface area (Å²) in [5, 5.41) is 0. The van der Waals surface area contributed by atoms with Crippen LogP contribution in [0.1, 0.15) is 0 Å². The van der Waals surface area contributed by atoms with E-state index in [9.17, 15) is 0 Å². The summed E-state index contributed by atoms with van der Waals surface area (Å²) in [6, 6.07) is 0. The van der Waals surface area contributed by atoms with Crippen LogP contribution < -0.4 is 0 Å². The van der Waals surface area contributed by atoms with Gasteiger partial charge in [0.25, 0.3) is 0 Å². The second-order valence-corrected chi connectivity index (χ2v) is 24.2. The van der Waals surface area contributed by atoms with Crippen molar-refractivity contribution in [3.8, 4) is 0 Å². The molecule has 0 spiro atoms. The van der Waals surface area contributed by atoms with E-state index in [4.69, 9.17) is 0 Å². The van der Waals surface area contributed by atoms with Gasteiger partial charge in [0, 0.05) is 17.1 Å². The number of halogens is 3. The smallest absolute Gasteiger partial charge is 0 e. The van der Waals surface area contributed by atoms with Gasteiger partial charge in [-0.2, -0.15) is 0 Å². The molecule has 5 heavy (non-hydrogen) atoms. The Morgan fingerprint density at radius 1 is 1.00 bits per heavy atom. The van der Waals surface area contributed by atoms with Gasteiger partial charge in [0.1, 0.15) is 0 Å². The average Bonchev–Trinajstić information content (AvgIpc) is 0.811. The molecule has 0 aliphatic heterocycles. The average molecular weight is 404 g/mol. The van der Waals surface area contributed by atoms with Crippen molar-refractivity contribution < 1.29 is 27.1 Å². The number of hydrogen-bond donors (Lipinski definition) is 0. The first-order chi connectivity index (χ1) is 1.73. The molecule has 0 N–H and O–H groups in total. The van der Waals surface area contributed by atoms with Gasteiger partial charge in [0.2, 0.25) is 0 Å². The van der Waals surface area contributed by atoms with Gasteiger partial charge in [0.05, 0.1) is 0 Å². The van der Waals surface area contributed by atoms with E-state index in [2.05, 4.69) is 40.9 Å². The van der Waals surface area contributed by atoms with Crippen molar-refractivity contribution in [3.05, 3.63) is 0 Å². The molecule has 0 aromatic heterocycles. The zero-order valence-electron chi connectivity index (χ0n) is 1.79. The monoisotopic (exact) mass is 402 g/mol. The van der Waals surface area contributed by atoms with Crippen molar-refractivity contribution in [2.45, 2.75) is 0 Å². The molecular weight excluding hydrogens is 404 g/mol. The van der Waals surface area contributed by atoms with Gasteiger partial charge in [0.15, 0.2) is 0 Å². The second kappa shape index (κ2) is 6.58. The fourth-order valence-corrected chi connectivity index (χ4v) is 0. The summed E-state index contributed by atoms with van der Waals surface area (Å²) >= 11 is 9.74. The summed E-state index contributed by atoms with van der Waals surface area (Å²) in [4.78, 5) is 0. The van der Waals surface area contributed by atoms with Crippen LogP contribution in [-0.4, -0.2) is 0 Å². The Morgan fingerprint density at radius 3 is 1.00 bits per heavy atom. The van der Waals surface area contributed by atoms with Crippen molar-refractivity contribution >= 4 is 40.9 Å². The van der Waals surface area contributed by atoms with Gasteiger partial charge in [-0.3, -0.25) is 0 Å². The third-order valence-electron chi connectivity index (χ3n) is 0. The van der Waals surface area contributed by atoms with E-state index in [0.717, 1.165) is 0 Å². The van der Waals surface area contributed by atoms with E-state index < -0.39 is 10.1 Å². The van der Waals surface area contributed by atoms with E-state index in [0.29, 0.717) is 0 Å². The maximum Gasteiger partial charge on any atom is 0 e. The molecule has 0 saturated carbocycles. The zero-order valence-corrected chi connectivity index (χ0v) is 9.23. The third-order valence-corrected chi connectivity index (χ3v) is 0. The Kier molecular flexibility index (Phi) is 13.9. The Balaban J connectivity index is 0. The van der Waals surface area contributed by atoms with Crippen LogP contribution in [0.25, 0.3) is 0 Å². The quantitative estimate of drug-likeness (QED) is 0.545. The van der Waals surface area contributed by atoms with Crippen molar-refractivity contribution in [1.29, 1.82) is 0 Å². The standard InChI is InChI=1S/3BrH.Cu.Ru/h3*1H;;/q;;;;+3/p-3. The van der Waals surface area contributed by atoms with Crippen molar-refractivity contribution in [3.63, 3.8) is 0 Å². The minimum atomic E-state index is -0.732. The van der Waals surface area contributed by atoms with Crippen LogP contribution in [0.15, 0.2) is 0 Å². The summed E-state index contributed by atoms with van der Waals surface area (Å²) < 4.78 is 0. The maximum atomic E-state index is 3.25. The SMILES string of the molecule is [Br][Ru]([Br])[Br].[Cu]. The van der Waals surface area contributed by atoms with Gasteiger partial charge in [-0.15, -0.1) is 0 Å². The molecule has 0 unspecified atom stereocenters. The molecule has 0 aliphatic carbocycles. The normalized spacial score (nSPS) is 9.00. The minimum Gasteiger partial charge on any atom is 0 e. The maximum absolute atomic E-state index is 3.25. The van der Waals surface area contributed by atoms with E-state index in [1.165, 1.54) is 0 Å². The molecule has 40 valence electrons. The van der Waals surface area contributed by atoms with E-state index >= 15 is 0 Å². The molecule has 5 heteroatoms. The van der Waals surface area contributed by atoms with Gasteiger partial charge >= 0.3 is 50.9 Å². The Labute approximate surface area is 66.9 Å². The molecule has 0 rings (SSSR count). The largest absolute Gasteiger partial charge is 0 e. The van der Waals surface area contributed by atoms with Gasteiger partial charge in [-0.1, -0.05) is 0 Å². The summed E-state index contributed by atoms with van der Waals surface area (Å²) in [7, 11) is -0.732. The van der Waals surface area contributed by atoms with Crippen molar-refractivity contribution in [1.82, 2.24) is 0 Å². The molecule has 0 amide bonds. The first kappa shape index (κ1) is 10.5. The first-order valence-corrected chi connectivity index (χ1v) is 12.3. The van der Waals surface area contributed by atoms with E-state index in [-0.39, 0.29) is 17.1 Å². The molecule has 0 atom stereocenters. The predicted molar refractivity (Wildman–Crippen MR) is 26.8 cm³/mol. The predicted octanol–water partition coefficient (Wildman–Crippen LogP) is 2.53. The molecule has 0 bridgehead atoms. The molecule has 0 heterocycles. The minimum absolute atomic E-state index is 0. The summed E-state index contributed by atoms with van der Waals surface area (Å²) in [5.41, 5.74) is 0. The Bertz CT molecular complexity index is 11.6. The Hall–Kier alpha value is 2.58. The fourth-order valence-electron chi connectivity index (χ4n) is 0. The fraction of sp³-hybridized carbons (Fsp3) is 0. The van der Waals surface area contributed by atoms with Crippen LogP contribution in [-0.2, 0) is 27.1 Å². The van der Waals surface area contributed by atoms with Crippen molar-refractivity contribution in [2.75, 3.05) is 0 Å². The summed E-state index contributed by atoms with van der Waals surface area (Å²) in [5.74, 6) is 0. The van der Waals surface area contributed by atoms with E-state index in [1.807, 2.05) is 0 Å². The van der Waals surface area contributed by atoms with Crippen LogP contribution in [0, 0.1) is 0 Å². The topological polar surface area (TPSA) is 0 Å². The first-order valence-electron chi connectivity index (χ1n) is 0.401. The second-order valence-electron chi connectivity index (χ2n) is 0.152. The summed E-state index contributed by atoms with van der Waals surface area (Å²) in [6.07, 6.45) is 0. The molecular formula is Br3CuRu. The number of hydrogen-bond acceptors (Lipinski definition) is 0. The van der Waals surface area contributed by atoms with Crippen LogP contribution in [0.4, 0.5) is 0 Å². The molecule has 0 aliphatic rings. The molecule has 0 aromatic carbocycles. The molecule has 0 aromatic rings. The van der Waals surface area contributed by atoms with Gasteiger partial charge in [-0.05, 0) is 0 Å². The van der Waals surface area contributed by atoms with Crippen LogP contribution >= 0.6 is 40.9 Å². The van der Waals surface area contributed by atoms with Crippen LogP contribution in [0.5, 0.6) is 0 Å². The van der Waals surface area contributed by atoms with Crippen molar-refractivity contribution in [2.24, 2.45) is 0 Å². The van der Waals surface area contributed by atoms with E-state index in [1.54, 1.807) is 0 Å². The summed E-state index contributed by atoms with van der Waals surface area (Å²) in [6.45, 7) is 0. The van der Waals surface area contributed by atoms with Crippen LogP contribution in [0.3, 0.4) is 0 Å². The molecule has 1 radical (unpaired) electrons. The molecule has 0 nitrogen and oxygen atoms in total. The van der Waals surface area contributed by atoms with Crippen LogP contribution in [0.2, 0.25) is 0 Å². The molecule has 0 fully saturated rings. The van der Waals surface area contributed by atoms with Gasteiger partial charge < -0.3 is 0 Å². The number of rotatable bonds is 0. The Morgan fingerprint density at radius 2 is 1.00 bits per heavy atom. The zero-order chi connectivity index (χ0) is 3.58. The molecule has 0 saturated heterocycles. The van der Waals surface area contributed by atoms with Gasteiger partial charge in [-0.25, -0.2) is 0 Å². The third kappa shape index (κ3) is 20.7.